The quantitative estimate of drug-likeness (QED) is 0.627. The number of aryl methyl sites for hydroxylation is 1. The van der Waals surface area contributed by atoms with Gasteiger partial charge in [0, 0.05) is 6.07 Å². The molecule has 12 heavy (non-hydrogen) atoms. The molecular formula is C9H8N3. The smallest absolute Gasteiger partial charge is 0.0938 e. The monoisotopic (exact) mass is 158 g/mol. The fraction of sp³-hybridized carbons (Fsp3) is 0.111. The van der Waals surface area contributed by atoms with Gasteiger partial charge >= 0.3 is 0 Å². The topological polar surface area (TPSA) is 30.7 Å². The molecule has 0 atom stereocenters. The molecule has 3 nitrogen and oxygen atoms in total. The Labute approximate surface area is 70.6 Å². The molecule has 0 unspecified atom stereocenters. The average Bonchev–Trinajstić information content (AvgIpc) is 2.56. The maximum absolute atomic E-state index is 4.00. The first kappa shape index (κ1) is 7.03. The van der Waals surface area contributed by atoms with Crippen LogP contribution in [0.15, 0.2) is 30.6 Å². The highest BCUT2D eigenvalue weighted by molar-refractivity contribution is 5.31. The molecule has 0 bridgehead atoms. The van der Waals surface area contributed by atoms with Crippen LogP contribution in [0.2, 0.25) is 0 Å². The summed E-state index contributed by atoms with van der Waals surface area (Å²) in [7, 11) is 0. The average molecular weight is 158 g/mol. The summed E-state index contributed by atoms with van der Waals surface area (Å²) in [6.07, 6.45) is 3.30. The highest BCUT2D eigenvalue weighted by Crippen LogP contribution is 2.05. The molecule has 1 aromatic heterocycles. The van der Waals surface area contributed by atoms with E-state index in [-0.39, 0.29) is 0 Å². The van der Waals surface area contributed by atoms with E-state index in [1.54, 1.807) is 17.2 Å². The number of hydrogen-bond acceptors (Lipinski definition) is 2. The van der Waals surface area contributed by atoms with E-state index in [9.17, 15) is 0 Å². The maximum atomic E-state index is 4.00. The van der Waals surface area contributed by atoms with E-state index in [1.807, 2.05) is 25.1 Å². The molecule has 0 aliphatic rings. The van der Waals surface area contributed by atoms with Crippen LogP contribution in [-0.2, 0) is 0 Å². The van der Waals surface area contributed by atoms with Crippen molar-refractivity contribution in [3.05, 3.63) is 42.2 Å². The van der Waals surface area contributed by atoms with Crippen molar-refractivity contribution in [3.8, 4) is 5.69 Å². The van der Waals surface area contributed by atoms with E-state index in [0.717, 1.165) is 11.3 Å². The number of aromatic nitrogens is 3. The van der Waals surface area contributed by atoms with Crippen LogP contribution < -0.4 is 0 Å². The highest BCUT2D eigenvalue weighted by Gasteiger charge is 1.96. The highest BCUT2D eigenvalue weighted by atomic mass is 15.5. The predicted octanol–water partition coefficient (Wildman–Crippen LogP) is 1.38. The van der Waals surface area contributed by atoms with Crippen molar-refractivity contribution in [2.45, 2.75) is 6.92 Å². The summed E-state index contributed by atoms with van der Waals surface area (Å²) in [5, 5.41) is 8.00. The van der Waals surface area contributed by atoms with Gasteiger partial charge in [0.2, 0.25) is 0 Å². The van der Waals surface area contributed by atoms with Crippen LogP contribution in [0.25, 0.3) is 5.69 Å². The third kappa shape index (κ3) is 1.21. The summed E-state index contributed by atoms with van der Waals surface area (Å²) in [4.78, 5) is 1.55. The number of nitrogens with zero attached hydrogens (tertiary/aromatic N) is 3. The van der Waals surface area contributed by atoms with E-state index in [4.69, 9.17) is 0 Å². The molecule has 0 amide bonds. The third-order valence-corrected chi connectivity index (χ3v) is 1.56. The number of benzene rings is 1. The van der Waals surface area contributed by atoms with Crippen molar-refractivity contribution in [2.24, 2.45) is 0 Å². The van der Waals surface area contributed by atoms with Gasteiger partial charge in [0.15, 0.2) is 0 Å². The van der Waals surface area contributed by atoms with Gasteiger partial charge in [-0.25, -0.2) is 0 Å². The van der Waals surface area contributed by atoms with Gasteiger partial charge in [0.25, 0.3) is 0 Å². The van der Waals surface area contributed by atoms with Crippen LogP contribution in [0.5, 0.6) is 0 Å². The molecule has 1 radical (unpaired) electrons. The van der Waals surface area contributed by atoms with Gasteiger partial charge in [-0.3, -0.25) is 0 Å². The van der Waals surface area contributed by atoms with Gasteiger partial charge in [-0.2, -0.15) is 15.0 Å². The maximum Gasteiger partial charge on any atom is 0.0938 e. The first-order valence-corrected chi connectivity index (χ1v) is 3.72. The summed E-state index contributed by atoms with van der Waals surface area (Å²) < 4.78 is 0. The molecule has 2 aromatic rings. The van der Waals surface area contributed by atoms with Crippen molar-refractivity contribution >= 4 is 0 Å². The molecule has 3 heteroatoms. The molecule has 0 fully saturated rings. The van der Waals surface area contributed by atoms with Crippen molar-refractivity contribution in [1.29, 1.82) is 0 Å². The fourth-order valence-corrected chi connectivity index (χ4v) is 1.03. The molecule has 0 spiro atoms. The van der Waals surface area contributed by atoms with Crippen LogP contribution in [-0.4, -0.2) is 15.0 Å². The second kappa shape index (κ2) is 2.77. The second-order valence-electron chi connectivity index (χ2n) is 2.54. The van der Waals surface area contributed by atoms with E-state index < -0.39 is 0 Å². The largest absolute Gasteiger partial charge is 0.157 e. The van der Waals surface area contributed by atoms with Crippen molar-refractivity contribution in [1.82, 2.24) is 15.0 Å². The molecule has 0 aliphatic carbocycles. The van der Waals surface area contributed by atoms with Gasteiger partial charge in [-0.1, -0.05) is 12.1 Å². The van der Waals surface area contributed by atoms with Gasteiger partial charge in [0.05, 0.1) is 18.1 Å². The Hall–Kier alpha value is -1.64. The van der Waals surface area contributed by atoms with Crippen LogP contribution >= 0.6 is 0 Å². The molecule has 59 valence electrons. The number of hydrogen-bond donors (Lipinski definition) is 0. The minimum atomic E-state index is 0.875. The Morgan fingerprint density at radius 3 is 2.67 bits per heavy atom. The predicted molar refractivity (Wildman–Crippen MR) is 44.9 cm³/mol. The van der Waals surface area contributed by atoms with Gasteiger partial charge in [-0.05, 0) is 18.6 Å². The lowest BCUT2D eigenvalue weighted by Gasteiger charge is -1.98. The normalized spacial score (nSPS) is 10.1. The van der Waals surface area contributed by atoms with Gasteiger partial charge in [0.1, 0.15) is 0 Å². The Morgan fingerprint density at radius 2 is 2.00 bits per heavy atom. The number of rotatable bonds is 1. The van der Waals surface area contributed by atoms with Gasteiger partial charge in [-0.15, -0.1) is 0 Å². The summed E-state index contributed by atoms with van der Waals surface area (Å²) in [6.45, 7) is 1.99. The molecule has 1 aromatic carbocycles. The van der Waals surface area contributed by atoms with E-state index >= 15 is 0 Å². The van der Waals surface area contributed by atoms with Crippen LogP contribution in [0.4, 0.5) is 0 Å². The van der Waals surface area contributed by atoms with Crippen molar-refractivity contribution in [3.63, 3.8) is 0 Å². The molecule has 0 saturated heterocycles. The lowest BCUT2D eigenvalue weighted by molar-refractivity contribution is 0.750. The molecule has 2 rings (SSSR count). The lowest BCUT2D eigenvalue weighted by atomic mass is 10.2. The molecule has 1 heterocycles. The molecular weight excluding hydrogens is 150 g/mol. The summed E-state index contributed by atoms with van der Waals surface area (Å²) in [5.41, 5.74) is 1.96. The summed E-state index contributed by atoms with van der Waals surface area (Å²) in [5.74, 6) is 0. The van der Waals surface area contributed by atoms with Crippen LogP contribution in [0.1, 0.15) is 5.56 Å². The Bertz CT molecular complexity index is 365. The Kier molecular flexibility index (Phi) is 1.63. The van der Waals surface area contributed by atoms with Crippen molar-refractivity contribution in [2.75, 3.05) is 0 Å². The second-order valence-corrected chi connectivity index (χ2v) is 2.54. The standard InChI is InChI=1S/C9H8N3/c1-8-3-2-4-9(7-8)12-10-5-6-11-12/h2-6H,1H3. The minimum absolute atomic E-state index is 0.875. The zero-order valence-corrected chi connectivity index (χ0v) is 6.73. The third-order valence-electron chi connectivity index (χ3n) is 1.56. The zero-order valence-electron chi connectivity index (χ0n) is 6.73. The van der Waals surface area contributed by atoms with Crippen molar-refractivity contribution < 1.29 is 0 Å². The zero-order chi connectivity index (χ0) is 8.39. The van der Waals surface area contributed by atoms with E-state index in [0.29, 0.717) is 0 Å². The van der Waals surface area contributed by atoms with E-state index in [1.165, 1.54) is 0 Å². The first-order chi connectivity index (χ1) is 5.86. The Balaban J connectivity index is 2.48. The van der Waals surface area contributed by atoms with Crippen LogP contribution in [0, 0.1) is 13.0 Å². The molecule has 0 aliphatic heterocycles. The SMILES string of the molecule is Cc1[c]c(-n2nccn2)ccc1. The molecule has 0 N–H and O–H groups in total. The Morgan fingerprint density at radius 1 is 1.25 bits per heavy atom. The lowest BCUT2D eigenvalue weighted by Crippen LogP contribution is -1.98. The summed E-state index contributed by atoms with van der Waals surface area (Å²) in [6, 6.07) is 9.03. The first-order valence-electron chi connectivity index (χ1n) is 3.72. The fourth-order valence-electron chi connectivity index (χ4n) is 1.03. The summed E-state index contributed by atoms with van der Waals surface area (Å²) >= 11 is 0. The minimum Gasteiger partial charge on any atom is -0.157 e. The van der Waals surface area contributed by atoms with Crippen LogP contribution in [0.3, 0.4) is 0 Å². The van der Waals surface area contributed by atoms with Gasteiger partial charge < -0.3 is 0 Å². The van der Waals surface area contributed by atoms with E-state index in [2.05, 4.69) is 16.3 Å². The molecule has 0 saturated carbocycles.